The summed E-state index contributed by atoms with van der Waals surface area (Å²) >= 11 is 1.89. The highest BCUT2D eigenvalue weighted by atomic mass is 32.1. The Balaban J connectivity index is 1.21. The number of benzene rings is 8. The second-order valence-electron chi connectivity index (χ2n) is 11.8. The predicted molar refractivity (Wildman–Crippen MR) is 200 cm³/mol. The predicted octanol–water partition coefficient (Wildman–Crippen LogP) is 13.2. The highest BCUT2D eigenvalue weighted by Crippen LogP contribution is 2.45. The van der Waals surface area contributed by atoms with Crippen LogP contribution in [0.4, 0.5) is 17.1 Å². The molecule has 46 heavy (non-hydrogen) atoms. The first-order valence-electron chi connectivity index (χ1n) is 15.7. The zero-order valence-corrected chi connectivity index (χ0v) is 25.9. The Morgan fingerprint density at radius 3 is 1.87 bits per heavy atom. The molecule has 0 N–H and O–H groups in total. The number of fused-ring (bicyclic) bond motifs is 6. The Hall–Kier alpha value is -5.70. The third-order valence-electron chi connectivity index (χ3n) is 9.01. The van der Waals surface area contributed by atoms with E-state index in [9.17, 15) is 0 Å². The van der Waals surface area contributed by atoms with Crippen LogP contribution in [-0.2, 0) is 0 Å². The molecule has 0 unspecified atom stereocenters. The maximum atomic E-state index is 2.37. The smallest absolute Gasteiger partial charge is 0.0468 e. The summed E-state index contributed by atoms with van der Waals surface area (Å²) in [5, 5.41) is 7.74. The van der Waals surface area contributed by atoms with E-state index >= 15 is 0 Å². The van der Waals surface area contributed by atoms with Crippen molar-refractivity contribution in [1.29, 1.82) is 0 Å². The van der Waals surface area contributed by atoms with Crippen molar-refractivity contribution in [3.63, 3.8) is 0 Å². The van der Waals surface area contributed by atoms with Crippen LogP contribution in [0.3, 0.4) is 0 Å². The van der Waals surface area contributed by atoms with E-state index < -0.39 is 0 Å². The summed E-state index contributed by atoms with van der Waals surface area (Å²) in [6, 6.07) is 63.9. The molecule has 0 saturated carbocycles. The van der Waals surface area contributed by atoms with Crippen LogP contribution in [0, 0.1) is 0 Å². The molecule has 2 heteroatoms. The number of rotatable bonds is 5. The van der Waals surface area contributed by atoms with Crippen molar-refractivity contribution in [3.05, 3.63) is 176 Å². The molecule has 0 amide bonds. The van der Waals surface area contributed by atoms with Gasteiger partial charge in [0, 0.05) is 42.8 Å². The number of nitrogens with zero attached hydrogens (tertiary/aromatic N) is 1. The van der Waals surface area contributed by atoms with E-state index in [-0.39, 0.29) is 0 Å². The first kappa shape index (κ1) is 26.7. The second kappa shape index (κ2) is 11.0. The van der Waals surface area contributed by atoms with Crippen LogP contribution in [0.2, 0.25) is 0 Å². The zero-order valence-electron chi connectivity index (χ0n) is 25.1. The van der Waals surface area contributed by atoms with Gasteiger partial charge in [-0.25, -0.2) is 0 Å². The molecule has 8 aromatic carbocycles. The molecule has 0 spiro atoms. The molecule has 0 aliphatic carbocycles. The standard InChI is InChI=1S/C44H29NS/c1-2-11-30(12-3-1)34-16-10-17-37(27-34)45(38-26-21-31-13-4-5-14-33(31)28-38)36-24-22-32(23-25-36)41-29-35-15-6-7-18-39(35)43-40-19-8-9-20-42(40)46-44(41)43/h1-29H. The largest absolute Gasteiger partial charge is 0.310 e. The lowest BCUT2D eigenvalue weighted by molar-refractivity contribution is 1.29. The highest BCUT2D eigenvalue weighted by molar-refractivity contribution is 7.26. The van der Waals surface area contributed by atoms with Gasteiger partial charge in [-0.2, -0.15) is 0 Å². The van der Waals surface area contributed by atoms with E-state index in [2.05, 4.69) is 181 Å². The Morgan fingerprint density at radius 1 is 0.370 bits per heavy atom. The fraction of sp³-hybridized carbons (Fsp3) is 0. The van der Waals surface area contributed by atoms with E-state index in [1.54, 1.807) is 0 Å². The molecule has 0 radical (unpaired) electrons. The van der Waals surface area contributed by atoms with Crippen LogP contribution < -0.4 is 4.90 Å². The molecule has 0 fully saturated rings. The van der Waals surface area contributed by atoms with Crippen molar-refractivity contribution in [3.8, 4) is 22.3 Å². The maximum absolute atomic E-state index is 2.37. The summed E-state index contributed by atoms with van der Waals surface area (Å²) in [5.74, 6) is 0. The second-order valence-corrected chi connectivity index (χ2v) is 12.8. The SMILES string of the molecule is c1ccc(-c2cccc(N(c3ccc(-c4cc5ccccc5c5c4sc4ccccc45)cc3)c3ccc4ccccc4c3)c2)cc1. The summed E-state index contributed by atoms with van der Waals surface area (Å²) in [7, 11) is 0. The number of hydrogen-bond donors (Lipinski definition) is 0. The third-order valence-corrected chi connectivity index (χ3v) is 10.2. The Kier molecular flexibility index (Phi) is 6.40. The molecule has 1 aromatic heterocycles. The van der Waals surface area contributed by atoms with Crippen LogP contribution in [0.5, 0.6) is 0 Å². The van der Waals surface area contributed by atoms with E-state index in [1.807, 2.05) is 11.3 Å². The van der Waals surface area contributed by atoms with Crippen LogP contribution in [0.25, 0.3) is 64.0 Å². The van der Waals surface area contributed by atoms with Gasteiger partial charge in [0.1, 0.15) is 0 Å². The van der Waals surface area contributed by atoms with Gasteiger partial charge in [0.25, 0.3) is 0 Å². The average Bonchev–Trinajstić information content (AvgIpc) is 3.52. The molecule has 0 aliphatic heterocycles. The molecule has 1 nitrogen and oxygen atoms in total. The molecule has 216 valence electrons. The quantitative estimate of drug-likeness (QED) is 0.189. The van der Waals surface area contributed by atoms with E-state index in [0.717, 1.165) is 17.1 Å². The van der Waals surface area contributed by atoms with E-state index in [0.29, 0.717) is 0 Å². The Labute approximate surface area is 272 Å². The maximum Gasteiger partial charge on any atom is 0.0468 e. The summed E-state index contributed by atoms with van der Waals surface area (Å²) in [5.41, 5.74) is 8.30. The third kappa shape index (κ3) is 4.54. The van der Waals surface area contributed by atoms with Crippen molar-refractivity contribution in [1.82, 2.24) is 0 Å². The van der Waals surface area contributed by atoms with Gasteiger partial charge in [0.15, 0.2) is 0 Å². The molecular weight excluding hydrogens is 575 g/mol. The van der Waals surface area contributed by atoms with Crippen LogP contribution in [-0.4, -0.2) is 0 Å². The van der Waals surface area contributed by atoms with Crippen molar-refractivity contribution in [2.75, 3.05) is 4.90 Å². The van der Waals surface area contributed by atoms with Crippen molar-refractivity contribution in [2.45, 2.75) is 0 Å². The fourth-order valence-electron chi connectivity index (χ4n) is 6.80. The van der Waals surface area contributed by atoms with Gasteiger partial charge in [-0.1, -0.05) is 127 Å². The first-order chi connectivity index (χ1) is 22.8. The molecule has 9 aromatic rings. The van der Waals surface area contributed by atoms with Crippen LogP contribution in [0.15, 0.2) is 176 Å². The summed E-state index contributed by atoms with van der Waals surface area (Å²) in [6.07, 6.45) is 0. The fourth-order valence-corrected chi connectivity index (χ4v) is 8.05. The lowest BCUT2D eigenvalue weighted by atomic mass is 9.96. The average molecular weight is 604 g/mol. The van der Waals surface area contributed by atoms with Crippen molar-refractivity contribution in [2.24, 2.45) is 0 Å². The lowest BCUT2D eigenvalue weighted by Gasteiger charge is -2.26. The number of anilines is 3. The van der Waals surface area contributed by atoms with Crippen molar-refractivity contribution < 1.29 is 0 Å². The molecule has 0 bridgehead atoms. The molecule has 0 atom stereocenters. The van der Waals surface area contributed by atoms with Gasteiger partial charge in [-0.3, -0.25) is 0 Å². The Morgan fingerprint density at radius 2 is 1.02 bits per heavy atom. The topological polar surface area (TPSA) is 3.24 Å². The normalized spacial score (nSPS) is 11.5. The van der Waals surface area contributed by atoms with E-state index in [4.69, 9.17) is 0 Å². The first-order valence-corrected chi connectivity index (χ1v) is 16.5. The highest BCUT2D eigenvalue weighted by Gasteiger charge is 2.17. The monoisotopic (exact) mass is 603 g/mol. The lowest BCUT2D eigenvalue weighted by Crippen LogP contribution is -2.10. The van der Waals surface area contributed by atoms with Gasteiger partial charge in [0.2, 0.25) is 0 Å². The minimum absolute atomic E-state index is 1.12. The summed E-state index contributed by atoms with van der Waals surface area (Å²) in [6.45, 7) is 0. The van der Waals surface area contributed by atoms with Gasteiger partial charge in [-0.05, 0) is 86.8 Å². The van der Waals surface area contributed by atoms with Crippen LogP contribution in [0.1, 0.15) is 0 Å². The Bertz CT molecular complexity index is 2530. The number of hydrogen-bond acceptors (Lipinski definition) is 2. The van der Waals surface area contributed by atoms with Gasteiger partial charge >= 0.3 is 0 Å². The molecule has 0 saturated heterocycles. The van der Waals surface area contributed by atoms with Crippen molar-refractivity contribution >= 4 is 70.1 Å². The summed E-state index contributed by atoms with van der Waals surface area (Å²) in [4.78, 5) is 2.37. The zero-order chi connectivity index (χ0) is 30.5. The van der Waals surface area contributed by atoms with Gasteiger partial charge < -0.3 is 4.90 Å². The summed E-state index contributed by atoms with van der Waals surface area (Å²) < 4.78 is 2.67. The minimum atomic E-state index is 1.12. The molecule has 1 heterocycles. The minimum Gasteiger partial charge on any atom is -0.310 e. The van der Waals surface area contributed by atoms with Gasteiger partial charge in [-0.15, -0.1) is 11.3 Å². The van der Waals surface area contributed by atoms with Gasteiger partial charge in [0.05, 0.1) is 0 Å². The van der Waals surface area contributed by atoms with Crippen LogP contribution >= 0.6 is 11.3 Å². The molecular formula is C44H29NS. The molecule has 0 aliphatic rings. The van der Waals surface area contributed by atoms with E-state index in [1.165, 1.54) is 64.0 Å². The molecule has 9 rings (SSSR count). The number of thiophene rings is 1.